The zero-order valence-corrected chi connectivity index (χ0v) is 27.9. The molecule has 2 aliphatic heterocycles. The molecule has 6 heterocycles. The highest BCUT2D eigenvalue weighted by Crippen LogP contribution is 2.46. The Labute approximate surface area is 266 Å². The molecule has 0 amide bonds. The lowest BCUT2D eigenvalue weighted by molar-refractivity contribution is -0.137. The van der Waals surface area contributed by atoms with Gasteiger partial charge in [-0.2, -0.15) is 0 Å². The van der Waals surface area contributed by atoms with Crippen molar-refractivity contribution >= 4 is 38.7 Å². The van der Waals surface area contributed by atoms with Crippen LogP contribution in [0.2, 0.25) is 0 Å². The van der Waals surface area contributed by atoms with Gasteiger partial charge in [0.2, 0.25) is 0 Å². The maximum absolute atomic E-state index is 14.1. The topological polar surface area (TPSA) is 112 Å². The summed E-state index contributed by atoms with van der Waals surface area (Å²) in [5.41, 5.74) is 1.29. The van der Waals surface area contributed by atoms with E-state index in [1.807, 2.05) is 24.3 Å². The van der Waals surface area contributed by atoms with Crippen molar-refractivity contribution in [3.8, 4) is 22.9 Å². The summed E-state index contributed by atoms with van der Waals surface area (Å²) in [6.07, 6.45) is 5.57. The summed E-state index contributed by atoms with van der Waals surface area (Å²) >= 11 is 3.17. The Morgan fingerprint density at radius 2 is 1.18 bits per heavy atom. The molecule has 11 heteroatoms. The van der Waals surface area contributed by atoms with Gasteiger partial charge in [0, 0.05) is 36.1 Å². The minimum absolute atomic E-state index is 0.0906. The van der Waals surface area contributed by atoms with Crippen molar-refractivity contribution in [3.63, 3.8) is 0 Å². The summed E-state index contributed by atoms with van der Waals surface area (Å²) in [6.45, 7) is 13.7. The lowest BCUT2D eigenvalue weighted by Crippen LogP contribution is -2.34. The number of Topliss-reactive ketones (excluding diaryl/α,β-unsaturated/α-hetero) is 1. The number of carbonyl (C=O) groups excluding carboxylic acids is 1. The Morgan fingerprint density at radius 3 is 1.55 bits per heavy atom. The van der Waals surface area contributed by atoms with Crippen molar-refractivity contribution in [2.45, 2.75) is 90.5 Å². The molecular weight excluding hydrogens is 597 g/mol. The van der Waals surface area contributed by atoms with Gasteiger partial charge >= 0.3 is 0 Å². The summed E-state index contributed by atoms with van der Waals surface area (Å²) < 4.78 is 24.1. The molecule has 2 saturated heterocycles. The number of nitrogens with one attached hydrogen (secondary N) is 2. The third-order valence-corrected chi connectivity index (χ3v) is 9.86. The maximum atomic E-state index is 14.1. The van der Waals surface area contributed by atoms with Gasteiger partial charge < -0.3 is 28.9 Å². The standard InChI is InChI=1S/C33H42N4O5S2/c1-32(2,3)36-30-34-25(21-9-7-13-39-21)28(43-30)23-17-19(11-15-41-23)27(38)20-12-16-42-24(18-20)29-26(22-10-8-14-40-22)35-31(44-29)37-33(4,5)6/h7-10,13-14,19-20,23-24H,11-12,15-18H2,1-6H3,(H,34,36)(H,35,37). The van der Waals surface area contributed by atoms with Crippen LogP contribution in [0, 0.1) is 11.8 Å². The number of hydrogen-bond acceptors (Lipinski definition) is 11. The molecule has 236 valence electrons. The Hall–Kier alpha value is -2.99. The van der Waals surface area contributed by atoms with Crippen molar-refractivity contribution in [1.29, 1.82) is 0 Å². The second kappa shape index (κ2) is 12.4. The molecule has 0 spiro atoms. The van der Waals surface area contributed by atoms with E-state index in [-0.39, 0.29) is 35.1 Å². The molecule has 0 aliphatic carbocycles. The van der Waals surface area contributed by atoms with Gasteiger partial charge in [-0.05, 0) is 91.5 Å². The summed E-state index contributed by atoms with van der Waals surface area (Å²) in [5, 5.41) is 8.62. The number of rotatable bonds is 8. The van der Waals surface area contributed by atoms with Crippen molar-refractivity contribution in [1.82, 2.24) is 9.97 Å². The summed E-state index contributed by atoms with van der Waals surface area (Å²) in [5.74, 6) is 1.54. The predicted octanol–water partition coefficient (Wildman–Crippen LogP) is 8.75. The number of ketones is 1. The minimum Gasteiger partial charge on any atom is -0.463 e. The third-order valence-electron chi connectivity index (χ3n) is 7.74. The van der Waals surface area contributed by atoms with Gasteiger partial charge in [-0.1, -0.05) is 22.7 Å². The van der Waals surface area contributed by atoms with E-state index in [9.17, 15) is 4.79 Å². The normalized spacial score (nSPS) is 23.0. The number of thiazole rings is 2. The Morgan fingerprint density at radius 1 is 0.750 bits per heavy atom. The first kappa shape index (κ1) is 31.0. The number of anilines is 2. The average Bonchev–Trinajstić information content (AvgIpc) is 3.78. The molecule has 4 aromatic heterocycles. The summed E-state index contributed by atoms with van der Waals surface area (Å²) in [7, 11) is 0. The van der Waals surface area contributed by atoms with Crippen LogP contribution in [0.15, 0.2) is 45.6 Å². The van der Waals surface area contributed by atoms with Crippen molar-refractivity contribution in [2.24, 2.45) is 11.8 Å². The molecular formula is C33H42N4O5S2. The van der Waals surface area contributed by atoms with Crippen LogP contribution in [0.3, 0.4) is 0 Å². The number of aromatic nitrogens is 2. The largest absolute Gasteiger partial charge is 0.463 e. The molecule has 9 nitrogen and oxygen atoms in total. The second-order valence-corrected chi connectivity index (χ2v) is 15.8. The first-order valence-corrected chi connectivity index (χ1v) is 17.0. The van der Waals surface area contributed by atoms with Crippen LogP contribution in [0.25, 0.3) is 22.9 Å². The fraction of sp³-hybridized carbons (Fsp3) is 0.545. The van der Waals surface area contributed by atoms with Crippen LogP contribution >= 0.6 is 22.7 Å². The molecule has 44 heavy (non-hydrogen) atoms. The highest BCUT2D eigenvalue weighted by atomic mass is 32.1. The van der Waals surface area contributed by atoms with Gasteiger partial charge in [0.1, 0.15) is 17.2 Å². The van der Waals surface area contributed by atoms with Gasteiger partial charge in [-0.3, -0.25) is 4.79 Å². The predicted molar refractivity (Wildman–Crippen MR) is 174 cm³/mol. The van der Waals surface area contributed by atoms with Gasteiger partial charge in [-0.25, -0.2) is 9.97 Å². The van der Waals surface area contributed by atoms with Crippen LogP contribution in [0.5, 0.6) is 0 Å². The zero-order valence-electron chi connectivity index (χ0n) is 26.3. The molecule has 2 fully saturated rings. The van der Waals surface area contributed by atoms with Crippen LogP contribution in [-0.4, -0.2) is 40.0 Å². The monoisotopic (exact) mass is 638 g/mol. The van der Waals surface area contributed by atoms with Crippen LogP contribution in [-0.2, 0) is 14.3 Å². The Bertz CT molecular complexity index is 1430. The van der Waals surface area contributed by atoms with E-state index in [4.69, 9.17) is 28.3 Å². The van der Waals surface area contributed by atoms with Crippen LogP contribution < -0.4 is 10.6 Å². The third kappa shape index (κ3) is 7.11. The van der Waals surface area contributed by atoms with Gasteiger partial charge in [0.25, 0.3) is 0 Å². The average molecular weight is 639 g/mol. The molecule has 0 saturated carbocycles. The number of carbonyl (C=O) groups is 1. The van der Waals surface area contributed by atoms with Gasteiger partial charge in [0.15, 0.2) is 21.8 Å². The first-order chi connectivity index (χ1) is 20.9. The van der Waals surface area contributed by atoms with E-state index in [0.29, 0.717) is 43.4 Å². The van der Waals surface area contributed by atoms with Gasteiger partial charge in [0.05, 0.1) is 34.5 Å². The molecule has 4 atom stereocenters. The van der Waals surface area contributed by atoms with E-state index in [2.05, 4.69) is 52.2 Å². The number of nitrogens with zero attached hydrogens (tertiary/aromatic N) is 2. The fourth-order valence-electron chi connectivity index (χ4n) is 5.84. The van der Waals surface area contributed by atoms with E-state index in [1.54, 1.807) is 35.2 Å². The van der Waals surface area contributed by atoms with E-state index >= 15 is 0 Å². The smallest absolute Gasteiger partial charge is 0.184 e. The van der Waals surface area contributed by atoms with E-state index in [1.165, 1.54) is 0 Å². The number of ether oxygens (including phenoxy) is 2. The van der Waals surface area contributed by atoms with E-state index < -0.39 is 0 Å². The quantitative estimate of drug-likeness (QED) is 0.196. The highest BCUT2D eigenvalue weighted by molar-refractivity contribution is 7.16. The van der Waals surface area contributed by atoms with Gasteiger partial charge in [-0.15, -0.1) is 0 Å². The van der Waals surface area contributed by atoms with Crippen molar-refractivity contribution in [2.75, 3.05) is 23.8 Å². The minimum atomic E-state index is -0.223. The first-order valence-electron chi connectivity index (χ1n) is 15.4. The second-order valence-electron chi connectivity index (χ2n) is 13.7. The molecule has 2 aliphatic rings. The molecule has 2 N–H and O–H groups in total. The van der Waals surface area contributed by atoms with E-state index in [0.717, 1.165) is 44.2 Å². The van der Waals surface area contributed by atoms with Crippen molar-refractivity contribution in [3.05, 3.63) is 46.5 Å². The highest BCUT2D eigenvalue weighted by Gasteiger charge is 2.39. The van der Waals surface area contributed by atoms with Crippen LogP contribution in [0.4, 0.5) is 10.3 Å². The number of hydrogen-bond donors (Lipinski definition) is 2. The SMILES string of the molecule is CC(C)(C)Nc1nc(-c2ccco2)c(C2CC(C(=O)C3CCOC(c4sc(NC(C)(C)C)nc4-c4ccco4)C3)CCO2)s1. The molecule has 0 bridgehead atoms. The number of furan rings is 2. The maximum Gasteiger partial charge on any atom is 0.184 e. The van der Waals surface area contributed by atoms with Crippen molar-refractivity contribution < 1.29 is 23.1 Å². The molecule has 0 aromatic carbocycles. The molecule has 4 unspecified atom stereocenters. The molecule has 0 radical (unpaired) electrons. The Balaban J connectivity index is 1.20. The molecule has 6 rings (SSSR count). The lowest BCUT2D eigenvalue weighted by atomic mass is 9.80. The fourth-order valence-corrected chi connectivity index (χ4v) is 8.32. The summed E-state index contributed by atoms with van der Waals surface area (Å²) in [4.78, 5) is 25.9. The zero-order chi connectivity index (χ0) is 31.1. The Kier molecular flexibility index (Phi) is 8.76. The lowest BCUT2D eigenvalue weighted by Gasteiger charge is -2.34. The summed E-state index contributed by atoms with van der Waals surface area (Å²) in [6, 6.07) is 7.58. The molecule has 4 aromatic rings. The van der Waals surface area contributed by atoms with Crippen LogP contribution in [0.1, 0.15) is 89.2 Å².